The van der Waals surface area contributed by atoms with E-state index in [1.165, 1.54) is 4.31 Å². The Bertz CT molecular complexity index is 378. The molecule has 0 rings (SSSR count). The van der Waals surface area contributed by atoms with Gasteiger partial charge in [0.1, 0.15) is 0 Å². The lowest BCUT2D eigenvalue weighted by Crippen LogP contribution is -2.49. The van der Waals surface area contributed by atoms with Crippen molar-refractivity contribution in [2.24, 2.45) is 5.41 Å². The number of ether oxygens (including phenoxy) is 1. The number of aliphatic hydroxyl groups excluding tert-OH is 1. The average molecular weight is 295 g/mol. The first-order valence-electron chi connectivity index (χ1n) is 6.47. The zero-order chi connectivity index (χ0) is 15.6. The summed E-state index contributed by atoms with van der Waals surface area (Å²) in [7, 11) is -3.40. The zero-order valence-corrected chi connectivity index (χ0v) is 14.2. The maximum atomic E-state index is 11.8. The van der Waals surface area contributed by atoms with Gasteiger partial charge in [0.2, 0.25) is 10.0 Å². The maximum absolute atomic E-state index is 11.8. The lowest BCUT2D eigenvalue weighted by molar-refractivity contribution is -0.164. The summed E-state index contributed by atoms with van der Waals surface area (Å²) in [6.07, 6.45) is -0.176. The highest BCUT2D eigenvalue weighted by Crippen LogP contribution is 2.24. The van der Waals surface area contributed by atoms with Crippen LogP contribution in [-0.4, -0.2) is 48.6 Å². The fraction of sp³-hybridized carbons (Fsp3) is 1.00. The van der Waals surface area contributed by atoms with Gasteiger partial charge < -0.3 is 9.84 Å². The highest BCUT2D eigenvalue weighted by molar-refractivity contribution is 7.88. The quantitative estimate of drug-likeness (QED) is 0.786. The topological polar surface area (TPSA) is 66.8 Å². The molecule has 116 valence electrons. The van der Waals surface area contributed by atoms with Gasteiger partial charge >= 0.3 is 0 Å². The van der Waals surface area contributed by atoms with Crippen molar-refractivity contribution >= 4 is 10.0 Å². The van der Waals surface area contributed by atoms with Crippen LogP contribution in [0.15, 0.2) is 0 Å². The minimum absolute atomic E-state index is 0.0667. The second kappa shape index (κ2) is 6.08. The Labute approximate surface area is 118 Å². The molecule has 2 atom stereocenters. The van der Waals surface area contributed by atoms with Crippen LogP contribution >= 0.6 is 0 Å². The summed E-state index contributed by atoms with van der Waals surface area (Å²) in [6.45, 7) is 13.2. The Hall–Kier alpha value is -0.170. The molecule has 0 fully saturated rings. The maximum Gasteiger partial charge on any atom is 0.211 e. The Morgan fingerprint density at radius 1 is 1.16 bits per heavy atom. The molecule has 0 saturated heterocycles. The van der Waals surface area contributed by atoms with Gasteiger partial charge in [-0.05, 0) is 33.1 Å². The molecular formula is C13H29NO4S. The third-order valence-corrected chi connectivity index (χ3v) is 4.55. The Kier molecular flexibility index (Phi) is 6.02. The number of sulfonamides is 1. The number of hydrogen-bond acceptors (Lipinski definition) is 4. The van der Waals surface area contributed by atoms with Gasteiger partial charge in [0.05, 0.1) is 18.9 Å². The van der Waals surface area contributed by atoms with Crippen molar-refractivity contribution < 1.29 is 18.3 Å². The summed E-state index contributed by atoms with van der Waals surface area (Å²) in [4.78, 5) is 0. The van der Waals surface area contributed by atoms with Gasteiger partial charge in [-0.25, -0.2) is 8.42 Å². The molecule has 0 spiro atoms. The first-order valence-corrected chi connectivity index (χ1v) is 8.32. The summed E-state index contributed by atoms with van der Waals surface area (Å²) < 4.78 is 30.2. The molecule has 6 heteroatoms. The Morgan fingerprint density at radius 3 is 1.84 bits per heavy atom. The highest BCUT2D eigenvalue weighted by atomic mass is 32.2. The van der Waals surface area contributed by atoms with E-state index in [0.717, 1.165) is 6.26 Å². The van der Waals surface area contributed by atoms with E-state index >= 15 is 0 Å². The van der Waals surface area contributed by atoms with E-state index in [-0.39, 0.29) is 18.1 Å². The molecular weight excluding hydrogens is 266 g/mol. The molecule has 0 heterocycles. The fourth-order valence-corrected chi connectivity index (χ4v) is 2.92. The van der Waals surface area contributed by atoms with Gasteiger partial charge in [0.25, 0.3) is 0 Å². The van der Waals surface area contributed by atoms with Gasteiger partial charge in [0, 0.05) is 5.54 Å². The van der Waals surface area contributed by atoms with E-state index in [9.17, 15) is 13.5 Å². The number of rotatable bonds is 5. The van der Waals surface area contributed by atoms with Crippen LogP contribution in [0.25, 0.3) is 0 Å². The molecule has 0 unspecified atom stereocenters. The van der Waals surface area contributed by atoms with Crippen LogP contribution in [0.1, 0.15) is 48.5 Å². The molecule has 0 aromatic rings. The van der Waals surface area contributed by atoms with Crippen LogP contribution in [0, 0.1) is 5.41 Å². The summed E-state index contributed by atoms with van der Waals surface area (Å²) in [6, 6.07) is 0. The summed E-state index contributed by atoms with van der Waals surface area (Å²) in [5.41, 5.74) is -0.707. The lowest BCUT2D eigenvalue weighted by Gasteiger charge is -2.36. The number of hydrogen-bond donors (Lipinski definition) is 1. The molecule has 0 aliphatic heterocycles. The second-order valence-corrected chi connectivity index (χ2v) is 8.97. The van der Waals surface area contributed by atoms with Crippen LogP contribution in [-0.2, 0) is 14.8 Å². The third-order valence-electron chi connectivity index (χ3n) is 3.05. The largest absolute Gasteiger partial charge is 0.367 e. The van der Waals surface area contributed by atoms with E-state index in [0.29, 0.717) is 0 Å². The van der Waals surface area contributed by atoms with E-state index in [4.69, 9.17) is 4.74 Å². The number of nitrogens with zero attached hydrogens (tertiary/aromatic N) is 1. The molecule has 0 saturated carbocycles. The fourth-order valence-electron chi connectivity index (χ4n) is 1.53. The predicted octanol–water partition coefficient (Wildman–Crippen LogP) is 1.82. The van der Waals surface area contributed by atoms with Crippen LogP contribution in [0.5, 0.6) is 0 Å². The van der Waals surface area contributed by atoms with Crippen molar-refractivity contribution in [3.63, 3.8) is 0 Å². The van der Waals surface area contributed by atoms with Crippen molar-refractivity contribution in [1.82, 2.24) is 4.31 Å². The van der Waals surface area contributed by atoms with Crippen molar-refractivity contribution in [3.8, 4) is 0 Å². The normalized spacial score (nSPS) is 17.6. The van der Waals surface area contributed by atoms with E-state index in [1.807, 2.05) is 27.7 Å². The molecule has 1 N–H and O–H groups in total. The smallest absolute Gasteiger partial charge is 0.211 e. The third kappa shape index (κ3) is 6.70. The van der Waals surface area contributed by atoms with Crippen LogP contribution in [0.3, 0.4) is 0 Å². The minimum atomic E-state index is -3.40. The highest BCUT2D eigenvalue weighted by Gasteiger charge is 2.33. The molecule has 0 aliphatic carbocycles. The molecule has 0 radical (unpaired) electrons. The first kappa shape index (κ1) is 18.8. The van der Waals surface area contributed by atoms with Gasteiger partial charge in [0.15, 0.2) is 6.29 Å². The van der Waals surface area contributed by atoms with Gasteiger partial charge in [-0.2, -0.15) is 4.31 Å². The molecule has 5 nitrogen and oxygen atoms in total. The standard InChI is InChI=1S/C13H29NO4S/c1-10(12(2,3)4)18-11(15)9-14(13(5,6)7)19(8,16)17/h10-11,15H,9H2,1-8H3/t10-,11+/m0/s1. The Balaban J connectivity index is 4.82. The number of aliphatic hydroxyl groups is 1. The van der Waals surface area contributed by atoms with Gasteiger partial charge in [-0.1, -0.05) is 20.8 Å². The van der Waals surface area contributed by atoms with Crippen molar-refractivity contribution in [2.75, 3.05) is 12.8 Å². The molecule has 0 bridgehead atoms. The minimum Gasteiger partial charge on any atom is -0.367 e. The zero-order valence-electron chi connectivity index (χ0n) is 13.4. The van der Waals surface area contributed by atoms with E-state index < -0.39 is 21.9 Å². The number of β-amino-alcohol motifs (C(OH)–C–C–N with tert-alkyl or cyclic N) is 1. The second-order valence-electron chi connectivity index (χ2n) is 7.06. The molecule has 0 amide bonds. The van der Waals surface area contributed by atoms with Crippen LogP contribution in [0.2, 0.25) is 0 Å². The van der Waals surface area contributed by atoms with Crippen molar-refractivity contribution in [1.29, 1.82) is 0 Å². The summed E-state index contributed by atoms with van der Waals surface area (Å²) >= 11 is 0. The van der Waals surface area contributed by atoms with E-state index in [1.54, 1.807) is 20.8 Å². The molecule has 0 aromatic heterocycles. The van der Waals surface area contributed by atoms with Crippen molar-refractivity contribution in [2.45, 2.75) is 66.4 Å². The van der Waals surface area contributed by atoms with Gasteiger partial charge in [-0.15, -0.1) is 0 Å². The van der Waals surface area contributed by atoms with Crippen molar-refractivity contribution in [3.05, 3.63) is 0 Å². The molecule has 0 aliphatic rings. The van der Waals surface area contributed by atoms with Crippen LogP contribution in [0.4, 0.5) is 0 Å². The van der Waals surface area contributed by atoms with E-state index in [2.05, 4.69) is 0 Å². The lowest BCUT2D eigenvalue weighted by atomic mass is 9.90. The predicted molar refractivity (Wildman–Crippen MR) is 77.3 cm³/mol. The summed E-state index contributed by atoms with van der Waals surface area (Å²) in [5, 5.41) is 9.95. The average Bonchev–Trinajstić information content (AvgIpc) is 2.08. The monoisotopic (exact) mass is 295 g/mol. The van der Waals surface area contributed by atoms with Gasteiger partial charge in [-0.3, -0.25) is 0 Å². The van der Waals surface area contributed by atoms with Crippen LogP contribution < -0.4 is 0 Å². The molecule has 0 aromatic carbocycles. The first-order chi connectivity index (χ1) is 8.15. The summed E-state index contributed by atoms with van der Waals surface area (Å²) in [5.74, 6) is 0. The SMILES string of the molecule is C[C@H](O[C@@H](O)CN(C(C)(C)C)S(C)(=O)=O)C(C)(C)C. The Morgan fingerprint density at radius 2 is 1.58 bits per heavy atom. The molecule has 19 heavy (non-hydrogen) atoms.